The lowest BCUT2D eigenvalue weighted by Crippen LogP contribution is -2.21. The van der Waals surface area contributed by atoms with E-state index in [1.54, 1.807) is 0 Å². The fraction of sp³-hybridized carbons (Fsp3) is 0.462. The minimum Gasteiger partial charge on any atom is -0.299 e. The number of carbonyl (C=O) groups is 1. The van der Waals surface area contributed by atoms with Gasteiger partial charge >= 0.3 is 0 Å². The largest absolute Gasteiger partial charge is 0.299 e. The molecule has 15 heavy (non-hydrogen) atoms. The summed E-state index contributed by atoms with van der Waals surface area (Å²) in [4.78, 5) is 11.7. The number of Topliss-reactive ketones (excluding diaryl/α,β-unsaturated/α-hetero) is 1. The Morgan fingerprint density at radius 2 is 2.20 bits per heavy atom. The molecule has 0 amide bonds. The van der Waals surface area contributed by atoms with Crippen molar-refractivity contribution in [3.05, 3.63) is 33.4 Å². The molecule has 1 aromatic carbocycles. The second-order valence-electron chi connectivity index (χ2n) is 4.24. The van der Waals surface area contributed by atoms with Crippen LogP contribution in [-0.2, 0) is 11.2 Å². The molecule has 1 unspecified atom stereocenters. The summed E-state index contributed by atoms with van der Waals surface area (Å²) < 4.78 is 1.26. The second-order valence-corrected chi connectivity index (χ2v) is 5.49. The van der Waals surface area contributed by atoms with Crippen molar-refractivity contribution in [2.75, 3.05) is 0 Å². The molecule has 1 aliphatic carbocycles. The minimum atomic E-state index is 0.289. The van der Waals surface area contributed by atoms with Gasteiger partial charge in [0.2, 0.25) is 0 Å². The standard InChI is InChI=1S/C13H15IO/c14-12-6-3-4-10(9-12)8-11-5-1-2-7-13(11)15/h3-4,6,9,11H,1-2,5,7-8H2. The van der Waals surface area contributed by atoms with Crippen LogP contribution in [0.15, 0.2) is 24.3 Å². The van der Waals surface area contributed by atoms with E-state index in [2.05, 4.69) is 46.9 Å². The summed E-state index contributed by atoms with van der Waals surface area (Å²) in [5.41, 5.74) is 1.31. The number of hydrogen-bond donors (Lipinski definition) is 0. The predicted molar refractivity (Wildman–Crippen MR) is 69.8 cm³/mol. The third kappa shape index (κ3) is 3.03. The molecule has 2 rings (SSSR count). The highest BCUT2D eigenvalue weighted by Gasteiger charge is 2.22. The molecule has 0 bridgehead atoms. The first kappa shape index (κ1) is 11.1. The molecule has 1 nitrogen and oxygen atoms in total. The van der Waals surface area contributed by atoms with Gasteiger partial charge < -0.3 is 0 Å². The third-order valence-corrected chi connectivity index (χ3v) is 3.72. The maximum atomic E-state index is 11.7. The lowest BCUT2D eigenvalue weighted by Gasteiger charge is -2.20. The molecular formula is C13H15IO. The zero-order chi connectivity index (χ0) is 10.7. The first-order valence-corrected chi connectivity index (χ1v) is 6.61. The van der Waals surface area contributed by atoms with E-state index in [4.69, 9.17) is 0 Å². The van der Waals surface area contributed by atoms with Gasteiger partial charge in [-0.25, -0.2) is 0 Å². The molecule has 1 saturated carbocycles. The van der Waals surface area contributed by atoms with Crippen LogP contribution in [0.2, 0.25) is 0 Å². The van der Waals surface area contributed by atoms with Crippen LogP contribution in [0.4, 0.5) is 0 Å². The summed E-state index contributed by atoms with van der Waals surface area (Å²) in [6.45, 7) is 0. The highest BCUT2D eigenvalue weighted by Crippen LogP contribution is 2.24. The Balaban J connectivity index is 2.04. The van der Waals surface area contributed by atoms with E-state index >= 15 is 0 Å². The number of hydrogen-bond acceptors (Lipinski definition) is 1. The van der Waals surface area contributed by atoms with E-state index < -0.39 is 0 Å². The van der Waals surface area contributed by atoms with Crippen LogP contribution < -0.4 is 0 Å². The Kier molecular flexibility index (Phi) is 3.78. The summed E-state index contributed by atoms with van der Waals surface area (Å²) in [6.07, 6.45) is 5.15. The molecule has 1 aliphatic rings. The van der Waals surface area contributed by atoms with Gasteiger partial charge in [-0.2, -0.15) is 0 Å². The van der Waals surface area contributed by atoms with E-state index in [-0.39, 0.29) is 5.92 Å². The summed E-state index contributed by atoms with van der Waals surface area (Å²) in [5, 5.41) is 0. The molecule has 1 aromatic rings. The maximum Gasteiger partial charge on any atom is 0.136 e. The quantitative estimate of drug-likeness (QED) is 0.763. The van der Waals surface area contributed by atoms with Gasteiger partial charge in [0, 0.05) is 15.9 Å². The van der Waals surface area contributed by atoms with E-state index in [9.17, 15) is 4.79 Å². The molecule has 0 heterocycles. The van der Waals surface area contributed by atoms with Gasteiger partial charge in [0.15, 0.2) is 0 Å². The lowest BCUT2D eigenvalue weighted by molar-refractivity contribution is -0.124. The molecule has 0 spiro atoms. The van der Waals surface area contributed by atoms with Crippen molar-refractivity contribution in [3.8, 4) is 0 Å². The van der Waals surface area contributed by atoms with Crippen LogP contribution in [0.1, 0.15) is 31.2 Å². The first-order valence-electron chi connectivity index (χ1n) is 5.53. The van der Waals surface area contributed by atoms with Crippen molar-refractivity contribution >= 4 is 28.4 Å². The van der Waals surface area contributed by atoms with E-state index in [1.807, 2.05) is 0 Å². The van der Waals surface area contributed by atoms with Gasteiger partial charge in [-0.15, -0.1) is 0 Å². The molecule has 80 valence electrons. The van der Waals surface area contributed by atoms with Gasteiger partial charge in [0.05, 0.1) is 0 Å². The average Bonchev–Trinajstić information content (AvgIpc) is 2.22. The third-order valence-electron chi connectivity index (χ3n) is 3.05. The second kappa shape index (κ2) is 5.10. The van der Waals surface area contributed by atoms with Crippen molar-refractivity contribution in [2.24, 2.45) is 5.92 Å². The molecule has 2 heteroatoms. The number of ketones is 1. The van der Waals surface area contributed by atoms with Crippen molar-refractivity contribution in [1.82, 2.24) is 0 Å². The molecule has 0 aliphatic heterocycles. The maximum absolute atomic E-state index is 11.7. The Morgan fingerprint density at radius 3 is 2.93 bits per heavy atom. The normalized spacial score (nSPS) is 21.7. The SMILES string of the molecule is O=C1CCCCC1Cc1cccc(I)c1. The van der Waals surface area contributed by atoms with E-state index in [0.717, 1.165) is 25.7 Å². The van der Waals surface area contributed by atoms with Gasteiger partial charge in [-0.05, 0) is 59.5 Å². The van der Waals surface area contributed by atoms with Crippen LogP contribution >= 0.6 is 22.6 Å². The molecular weight excluding hydrogens is 299 g/mol. The Hall–Kier alpha value is -0.380. The van der Waals surface area contributed by atoms with Gasteiger partial charge in [-0.3, -0.25) is 4.79 Å². The van der Waals surface area contributed by atoms with Gasteiger partial charge in [0.25, 0.3) is 0 Å². The predicted octanol–water partition coefficient (Wildman–Crippen LogP) is 3.59. The molecule has 1 fully saturated rings. The molecule has 1 atom stereocenters. The zero-order valence-corrected chi connectivity index (χ0v) is 10.9. The summed E-state index contributed by atoms with van der Waals surface area (Å²) in [7, 11) is 0. The number of carbonyl (C=O) groups excluding carboxylic acids is 1. The molecule has 0 aromatic heterocycles. The fourth-order valence-electron chi connectivity index (χ4n) is 2.22. The van der Waals surface area contributed by atoms with E-state index in [1.165, 1.54) is 15.6 Å². The van der Waals surface area contributed by atoms with Crippen LogP contribution in [0, 0.1) is 9.49 Å². The van der Waals surface area contributed by atoms with Gasteiger partial charge in [-0.1, -0.05) is 18.6 Å². The number of benzene rings is 1. The Bertz CT molecular complexity index is 359. The van der Waals surface area contributed by atoms with Crippen molar-refractivity contribution < 1.29 is 4.79 Å². The van der Waals surface area contributed by atoms with Crippen LogP contribution in [0.3, 0.4) is 0 Å². The monoisotopic (exact) mass is 314 g/mol. The smallest absolute Gasteiger partial charge is 0.136 e. The topological polar surface area (TPSA) is 17.1 Å². The molecule has 0 N–H and O–H groups in total. The fourth-order valence-corrected chi connectivity index (χ4v) is 2.83. The van der Waals surface area contributed by atoms with Crippen molar-refractivity contribution in [1.29, 1.82) is 0 Å². The average molecular weight is 314 g/mol. The number of halogens is 1. The van der Waals surface area contributed by atoms with E-state index in [0.29, 0.717) is 5.78 Å². The number of rotatable bonds is 2. The summed E-state index contributed by atoms with van der Waals surface area (Å²) >= 11 is 2.32. The Labute approximate surface area is 104 Å². The molecule has 0 radical (unpaired) electrons. The highest BCUT2D eigenvalue weighted by molar-refractivity contribution is 14.1. The minimum absolute atomic E-state index is 0.289. The van der Waals surface area contributed by atoms with Crippen LogP contribution in [-0.4, -0.2) is 5.78 Å². The highest BCUT2D eigenvalue weighted by atomic mass is 127. The van der Waals surface area contributed by atoms with Gasteiger partial charge in [0.1, 0.15) is 5.78 Å². The summed E-state index contributed by atoms with van der Waals surface area (Å²) in [5.74, 6) is 0.761. The van der Waals surface area contributed by atoms with Crippen molar-refractivity contribution in [2.45, 2.75) is 32.1 Å². The Morgan fingerprint density at radius 1 is 1.33 bits per heavy atom. The summed E-state index contributed by atoms with van der Waals surface area (Å²) in [6, 6.07) is 8.48. The van der Waals surface area contributed by atoms with Crippen LogP contribution in [0.25, 0.3) is 0 Å². The first-order chi connectivity index (χ1) is 7.25. The molecule has 0 saturated heterocycles. The zero-order valence-electron chi connectivity index (χ0n) is 8.71. The lowest BCUT2D eigenvalue weighted by atomic mass is 9.84. The van der Waals surface area contributed by atoms with Crippen molar-refractivity contribution in [3.63, 3.8) is 0 Å². The van der Waals surface area contributed by atoms with Crippen LogP contribution in [0.5, 0.6) is 0 Å².